The number of hydrogen-bond donors (Lipinski definition) is 1. The molecule has 5 aromatic rings. The van der Waals surface area contributed by atoms with Crippen molar-refractivity contribution in [2.24, 2.45) is 0 Å². The van der Waals surface area contributed by atoms with Gasteiger partial charge >= 0.3 is 0 Å². The maximum atomic E-state index is 12.6. The van der Waals surface area contributed by atoms with Crippen LogP contribution < -0.4 is 5.32 Å². The number of para-hydroxylation sites is 1. The molecule has 29 heavy (non-hydrogen) atoms. The molecule has 3 heterocycles. The zero-order chi connectivity index (χ0) is 19.4. The predicted molar refractivity (Wildman–Crippen MR) is 116 cm³/mol. The van der Waals surface area contributed by atoms with Gasteiger partial charge in [0.2, 0.25) is 11.0 Å². The largest absolute Gasteiger partial charge is 0.310 e. The van der Waals surface area contributed by atoms with Gasteiger partial charge in [-0.15, -0.1) is 0 Å². The van der Waals surface area contributed by atoms with E-state index in [0.717, 1.165) is 32.3 Å². The molecule has 140 valence electrons. The summed E-state index contributed by atoms with van der Waals surface area (Å²) in [5.41, 5.74) is 3.12. The van der Waals surface area contributed by atoms with Gasteiger partial charge in [0, 0.05) is 17.9 Å². The Hall–Kier alpha value is -3.51. The van der Waals surface area contributed by atoms with E-state index >= 15 is 0 Å². The van der Waals surface area contributed by atoms with Crippen molar-refractivity contribution in [3.8, 4) is 5.13 Å². The van der Waals surface area contributed by atoms with Crippen LogP contribution in [0.3, 0.4) is 0 Å². The van der Waals surface area contributed by atoms with Gasteiger partial charge in [-0.25, -0.2) is 4.98 Å². The second-order valence-corrected chi connectivity index (χ2v) is 8.21. The lowest BCUT2D eigenvalue weighted by Gasteiger charge is -2.24. The molecule has 0 fully saturated rings. The number of benzene rings is 3. The van der Waals surface area contributed by atoms with E-state index < -0.39 is 0 Å². The van der Waals surface area contributed by atoms with E-state index in [0.29, 0.717) is 6.42 Å². The lowest BCUT2D eigenvalue weighted by molar-refractivity contribution is -0.116. The van der Waals surface area contributed by atoms with E-state index in [1.165, 1.54) is 10.8 Å². The van der Waals surface area contributed by atoms with Crippen molar-refractivity contribution in [3.05, 3.63) is 84.1 Å². The Labute approximate surface area is 170 Å². The fourth-order valence-electron chi connectivity index (χ4n) is 4.15. The highest BCUT2D eigenvalue weighted by atomic mass is 32.1. The van der Waals surface area contributed by atoms with Crippen LogP contribution in [0.5, 0.6) is 0 Å². The molecule has 1 aliphatic heterocycles. The van der Waals surface area contributed by atoms with Gasteiger partial charge in [0.25, 0.3) is 0 Å². The topological polar surface area (TPSA) is 59.8 Å². The number of thiazole rings is 1. The van der Waals surface area contributed by atoms with Crippen LogP contribution in [-0.4, -0.2) is 20.7 Å². The summed E-state index contributed by atoms with van der Waals surface area (Å²) in [7, 11) is 0. The first-order valence-electron chi connectivity index (χ1n) is 9.49. The third-order valence-corrected chi connectivity index (χ3v) is 6.49. The van der Waals surface area contributed by atoms with E-state index in [1.54, 1.807) is 16.0 Å². The summed E-state index contributed by atoms with van der Waals surface area (Å²) in [6.45, 7) is 0. The molecule has 6 heteroatoms. The number of amides is 1. The molecule has 1 atom stereocenters. The molecule has 1 amide bonds. The summed E-state index contributed by atoms with van der Waals surface area (Å²) in [5.74, 6) is 0.685. The zero-order valence-corrected chi connectivity index (χ0v) is 16.2. The molecule has 1 aliphatic rings. The number of hydrogen-bond acceptors (Lipinski definition) is 4. The maximum absolute atomic E-state index is 12.6. The monoisotopic (exact) mass is 396 g/mol. The number of nitrogens with zero attached hydrogens (tertiary/aromatic N) is 3. The van der Waals surface area contributed by atoms with E-state index in [4.69, 9.17) is 4.98 Å². The van der Waals surface area contributed by atoms with Crippen LogP contribution in [0.2, 0.25) is 0 Å². The highest BCUT2D eigenvalue weighted by Crippen LogP contribution is 2.41. The Bertz CT molecular complexity index is 1360. The molecule has 6 rings (SSSR count). The maximum Gasteiger partial charge on any atom is 0.226 e. The average Bonchev–Trinajstić information content (AvgIpc) is 3.36. The standard InChI is InChI=1S/C23H16N4OS/c28-21-12-17(16-9-5-7-14-6-1-2-8-15(14)16)18-13-24-27(22(18)26-21)23-25-19-10-3-4-11-20(19)29-23/h1-11,13,17H,12H2,(H,26,28)/t17-/m0/s1. The van der Waals surface area contributed by atoms with Gasteiger partial charge < -0.3 is 5.32 Å². The summed E-state index contributed by atoms with van der Waals surface area (Å²) >= 11 is 1.57. The Morgan fingerprint density at radius 1 is 0.966 bits per heavy atom. The molecule has 3 aromatic carbocycles. The van der Waals surface area contributed by atoms with Crippen molar-refractivity contribution in [1.82, 2.24) is 14.8 Å². The first kappa shape index (κ1) is 16.4. The molecular weight excluding hydrogens is 380 g/mol. The third kappa shape index (κ3) is 2.57. The minimum atomic E-state index is -0.0343. The minimum Gasteiger partial charge on any atom is -0.310 e. The van der Waals surface area contributed by atoms with Gasteiger partial charge in [-0.1, -0.05) is 65.9 Å². The molecule has 0 spiro atoms. The van der Waals surface area contributed by atoms with Gasteiger partial charge in [-0.05, 0) is 28.5 Å². The van der Waals surface area contributed by atoms with Crippen molar-refractivity contribution >= 4 is 44.1 Å². The van der Waals surface area contributed by atoms with Crippen LogP contribution >= 0.6 is 11.3 Å². The van der Waals surface area contributed by atoms with Crippen LogP contribution in [-0.2, 0) is 4.79 Å². The molecular formula is C23H16N4OS. The van der Waals surface area contributed by atoms with Gasteiger partial charge in [0.05, 0.1) is 16.4 Å². The fraction of sp³-hybridized carbons (Fsp3) is 0.0870. The summed E-state index contributed by atoms with van der Waals surface area (Å²) in [5, 5.41) is 10.7. The van der Waals surface area contributed by atoms with Gasteiger partial charge in [-0.2, -0.15) is 9.78 Å². The third-order valence-electron chi connectivity index (χ3n) is 5.48. The van der Waals surface area contributed by atoms with Gasteiger partial charge in [0.15, 0.2) is 0 Å². The lowest BCUT2D eigenvalue weighted by atomic mass is 9.84. The molecule has 0 aliphatic carbocycles. The number of aromatic nitrogens is 3. The molecule has 0 saturated carbocycles. The van der Waals surface area contributed by atoms with E-state index in [-0.39, 0.29) is 11.8 Å². The Balaban J connectivity index is 1.53. The van der Waals surface area contributed by atoms with Crippen LogP contribution in [0.4, 0.5) is 5.82 Å². The first-order valence-corrected chi connectivity index (χ1v) is 10.3. The highest BCUT2D eigenvalue weighted by Gasteiger charge is 2.31. The van der Waals surface area contributed by atoms with Crippen molar-refractivity contribution in [2.75, 3.05) is 5.32 Å². The molecule has 2 aromatic heterocycles. The number of fused-ring (bicyclic) bond motifs is 3. The summed E-state index contributed by atoms with van der Waals surface area (Å²) < 4.78 is 2.86. The van der Waals surface area contributed by atoms with Gasteiger partial charge in [-0.3, -0.25) is 4.79 Å². The average molecular weight is 396 g/mol. The quantitative estimate of drug-likeness (QED) is 0.451. The molecule has 0 radical (unpaired) electrons. The van der Waals surface area contributed by atoms with Crippen molar-refractivity contribution in [3.63, 3.8) is 0 Å². The first-order chi connectivity index (χ1) is 14.3. The molecule has 1 N–H and O–H groups in total. The predicted octanol–water partition coefficient (Wildman–Crippen LogP) is 5.11. The second kappa shape index (κ2) is 6.25. The smallest absolute Gasteiger partial charge is 0.226 e. The SMILES string of the molecule is O=C1C[C@@H](c2cccc3ccccc23)c2cnn(-c3nc4ccccc4s3)c2N1. The Kier molecular flexibility index (Phi) is 3.55. The molecule has 0 saturated heterocycles. The second-order valence-electron chi connectivity index (χ2n) is 7.20. The number of nitrogens with one attached hydrogen (secondary N) is 1. The summed E-state index contributed by atoms with van der Waals surface area (Å²) in [4.78, 5) is 17.3. The summed E-state index contributed by atoms with van der Waals surface area (Å²) in [6, 6.07) is 22.6. The Morgan fingerprint density at radius 3 is 2.72 bits per heavy atom. The molecule has 5 nitrogen and oxygen atoms in total. The number of anilines is 1. The number of carbonyl (C=O) groups excluding carboxylic acids is 1. The number of carbonyl (C=O) groups is 1. The Morgan fingerprint density at radius 2 is 1.79 bits per heavy atom. The molecule has 0 bridgehead atoms. The van der Waals surface area contributed by atoms with Crippen LogP contribution in [0.25, 0.3) is 26.1 Å². The van der Waals surface area contributed by atoms with E-state index in [2.05, 4.69) is 40.7 Å². The zero-order valence-electron chi connectivity index (χ0n) is 15.4. The van der Waals surface area contributed by atoms with Crippen LogP contribution in [0.15, 0.2) is 72.9 Å². The van der Waals surface area contributed by atoms with Crippen molar-refractivity contribution < 1.29 is 4.79 Å². The highest BCUT2D eigenvalue weighted by molar-refractivity contribution is 7.20. The summed E-state index contributed by atoms with van der Waals surface area (Å²) in [6.07, 6.45) is 2.28. The fourth-order valence-corrected chi connectivity index (χ4v) is 5.08. The minimum absolute atomic E-state index is 0.00158. The van der Waals surface area contributed by atoms with E-state index in [9.17, 15) is 4.79 Å². The van der Waals surface area contributed by atoms with Crippen LogP contribution in [0, 0.1) is 0 Å². The molecule has 0 unspecified atom stereocenters. The van der Waals surface area contributed by atoms with Crippen molar-refractivity contribution in [2.45, 2.75) is 12.3 Å². The normalized spacial score (nSPS) is 16.1. The van der Waals surface area contributed by atoms with Crippen LogP contribution in [0.1, 0.15) is 23.5 Å². The van der Waals surface area contributed by atoms with Crippen molar-refractivity contribution in [1.29, 1.82) is 0 Å². The van der Waals surface area contributed by atoms with Gasteiger partial charge in [0.1, 0.15) is 5.82 Å². The van der Waals surface area contributed by atoms with E-state index in [1.807, 2.05) is 42.6 Å². The lowest BCUT2D eigenvalue weighted by Crippen LogP contribution is -2.24. The number of rotatable bonds is 2.